The molecule has 2 N–H and O–H groups in total. The number of rotatable bonds is 4. The molecular formula is C16H22N2O. The molecule has 2 saturated heterocycles. The first kappa shape index (κ1) is 12.7. The van der Waals surface area contributed by atoms with Crippen LogP contribution in [0.3, 0.4) is 0 Å². The molecule has 2 bridgehead atoms. The highest BCUT2D eigenvalue weighted by atomic mass is 16.1. The van der Waals surface area contributed by atoms with Gasteiger partial charge in [0.2, 0.25) is 5.91 Å². The fourth-order valence-corrected chi connectivity index (χ4v) is 3.33. The molecule has 19 heavy (non-hydrogen) atoms. The van der Waals surface area contributed by atoms with E-state index in [1.165, 1.54) is 17.5 Å². The fraction of sp³-hybridized carbons (Fsp3) is 0.562. The predicted octanol–water partition coefficient (Wildman–Crippen LogP) is 2.01. The molecule has 2 heterocycles. The SMILES string of the molecule is CCc1ccc(CNC(=O)C2CC3CCC2N3)cc1. The number of nitrogens with one attached hydrogen (secondary N) is 2. The lowest BCUT2D eigenvalue weighted by molar-refractivity contribution is -0.125. The Morgan fingerprint density at radius 3 is 2.58 bits per heavy atom. The molecule has 0 saturated carbocycles. The summed E-state index contributed by atoms with van der Waals surface area (Å²) in [5.74, 6) is 0.410. The van der Waals surface area contributed by atoms with Crippen molar-refractivity contribution in [3.8, 4) is 0 Å². The summed E-state index contributed by atoms with van der Waals surface area (Å²) >= 11 is 0. The second kappa shape index (κ2) is 5.33. The molecule has 1 aromatic carbocycles. The van der Waals surface area contributed by atoms with Crippen LogP contribution in [0.15, 0.2) is 24.3 Å². The smallest absolute Gasteiger partial charge is 0.225 e. The number of aryl methyl sites for hydroxylation is 1. The lowest BCUT2D eigenvalue weighted by Crippen LogP contribution is -2.37. The lowest BCUT2D eigenvalue weighted by atomic mass is 9.88. The van der Waals surface area contributed by atoms with Crippen LogP contribution in [0.4, 0.5) is 0 Å². The Bertz CT molecular complexity index is 454. The summed E-state index contributed by atoms with van der Waals surface area (Å²) in [6, 6.07) is 9.51. The van der Waals surface area contributed by atoms with Gasteiger partial charge < -0.3 is 10.6 Å². The van der Waals surface area contributed by atoms with E-state index in [1.807, 2.05) is 0 Å². The number of hydrogen-bond donors (Lipinski definition) is 2. The molecule has 3 rings (SSSR count). The summed E-state index contributed by atoms with van der Waals surface area (Å²) in [6.07, 6.45) is 4.48. The third-order valence-electron chi connectivity index (χ3n) is 4.53. The Morgan fingerprint density at radius 2 is 2.00 bits per heavy atom. The molecular weight excluding hydrogens is 236 g/mol. The Hall–Kier alpha value is -1.35. The van der Waals surface area contributed by atoms with Crippen LogP contribution < -0.4 is 10.6 Å². The van der Waals surface area contributed by atoms with E-state index >= 15 is 0 Å². The van der Waals surface area contributed by atoms with Gasteiger partial charge in [-0.15, -0.1) is 0 Å². The highest BCUT2D eigenvalue weighted by Crippen LogP contribution is 2.33. The summed E-state index contributed by atoms with van der Waals surface area (Å²) < 4.78 is 0. The molecule has 3 atom stereocenters. The van der Waals surface area contributed by atoms with Gasteiger partial charge in [-0.25, -0.2) is 0 Å². The van der Waals surface area contributed by atoms with Gasteiger partial charge in [-0.05, 0) is 36.8 Å². The van der Waals surface area contributed by atoms with Gasteiger partial charge in [0.25, 0.3) is 0 Å². The van der Waals surface area contributed by atoms with Crippen molar-refractivity contribution < 1.29 is 4.79 Å². The zero-order valence-corrected chi connectivity index (χ0v) is 11.5. The third-order valence-corrected chi connectivity index (χ3v) is 4.53. The molecule has 1 amide bonds. The summed E-state index contributed by atoms with van der Waals surface area (Å²) in [6.45, 7) is 2.80. The number of carbonyl (C=O) groups is 1. The molecule has 2 fully saturated rings. The Kier molecular flexibility index (Phi) is 3.56. The van der Waals surface area contributed by atoms with Crippen LogP contribution in [-0.2, 0) is 17.8 Å². The molecule has 3 heteroatoms. The van der Waals surface area contributed by atoms with Crippen LogP contribution in [0.5, 0.6) is 0 Å². The summed E-state index contributed by atoms with van der Waals surface area (Å²) in [5.41, 5.74) is 2.52. The number of benzene rings is 1. The third kappa shape index (κ3) is 2.66. The van der Waals surface area contributed by atoms with Crippen molar-refractivity contribution >= 4 is 5.91 Å². The molecule has 102 valence electrons. The van der Waals surface area contributed by atoms with E-state index in [-0.39, 0.29) is 11.8 Å². The van der Waals surface area contributed by atoms with Crippen molar-refractivity contribution in [2.45, 2.75) is 51.2 Å². The summed E-state index contributed by atoms with van der Waals surface area (Å²) in [5, 5.41) is 6.60. The van der Waals surface area contributed by atoms with E-state index in [4.69, 9.17) is 0 Å². The van der Waals surface area contributed by atoms with Gasteiger partial charge in [-0.2, -0.15) is 0 Å². The highest BCUT2D eigenvalue weighted by Gasteiger charge is 2.42. The first-order chi connectivity index (χ1) is 9.26. The average molecular weight is 258 g/mol. The van der Waals surface area contributed by atoms with Crippen LogP contribution in [0.25, 0.3) is 0 Å². The molecule has 1 aromatic rings. The zero-order valence-electron chi connectivity index (χ0n) is 11.5. The van der Waals surface area contributed by atoms with Crippen molar-refractivity contribution in [3.05, 3.63) is 35.4 Å². The largest absolute Gasteiger partial charge is 0.352 e. The lowest BCUT2D eigenvalue weighted by Gasteiger charge is -2.19. The number of fused-ring (bicyclic) bond motifs is 2. The van der Waals surface area contributed by atoms with Gasteiger partial charge in [-0.1, -0.05) is 31.2 Å². The first-order valence-electron chi connectivity index (χ1n) is 7.38. The van der Waals surface area contributed by atoms with E-state index in [0.29, 0.717) is 18.6 Å². The molecule has 0 spiro atoms. The van der Waals surface area contributed by atoms with Crippen LogP contribution in [-0.4, -0.2) is 18.0 Å². The standard InChI is InChI=1S/C16H22N2O/c1-2-11-3-5-12(6-4-11)10-17-16(19)14-9-13-7-8-15(14)18-13/h3-6,13-15,18H,2,7-10H2,1H3,(H,17,19). The second-order valence-electron chi connectivity index (χ2n) is 5.78. The monoisotopic (exact) mass is 258 g/mol. The van der Waals surface area contributed by atoms with Crippen molar-refractivity contribution in [2.75, 3.05) is 0 Å². The minimum Gasteiger partial charge on any atom is -0.352 e. The maximum Gasteiger partial charge on any atom is 0.225 e. The fourth-order valence-electron chi connectivity index (χ4n) is 3.33. The van der Waals surface area contributed by atoms with Crippen LogP contribution in [0.1, 0.15) is 37.3 Å². The van der Waals surface area contributed by atoms with E-state index in [1.54, 1.807) is 0 Å². The predicted molar refractivity (Wildman–Crippen MR) is 75.7 cm³/mol. The van der Waals surface area contributed by atoms with Gasteiger partial charge >= 0.3 is 0 Å². The van der Waals surface area contributed by atoms with Crippen molar-refractivity contribution in [1.29, 1.82) is 0 Å². The molecule has 0 aliphatic carbocycles. The van der Waals surface area contributed by atoms with E-state index in [2.05, 4.69) is 41.8 Å². The van der Waals surface area contributed by atoms with Crippen molar-refractivity contribution in [3.63, 3.8) is 0 Å². The van der Waals surface area contributed by atoms with Crippen LogP contribution >= 0.6 is 0 Å². The summed E-state index contributed by atoms with van der Waals surface area (Å²) in [7, 11) is 0. The molecule has 0 aromatic heterocycles. The molecule has 3 unspecified atom stereocenters. The van der Waals surface area contributed by atoms with Crippen LogP contribution in [0, 0.1) is 5.92 Å². The average Bonchev–Trinajstić information content (AvgIpc) is 3.08. The van der Waals surface area contributed by atoms with Gasteiger partial charge in [0.15, 0.2) is 0 Å². The zero-order chi connectivity index (χ0) is 13.2. The number of hydrogen-bond acceptors (Lipinski definition) is 2. The minimum atomic E-state index is 0.189. The Morgan fingerprint density at radius 1 is 1.26 bits per heavy atom. The van der Waals surface area contributed by atoms with Crippen molar-refractivity contribution in [2.24, 2.45) is 5.92 Å². The number of carbonyl (C=O) groups excluding carboxylic acids is 1. The van der Waals surface area contributed by atoms with E-state index < -0.39 is 0 Å². The first-order valence-corrected chi connectivity index (χ1v) is 7.38. The summed E-state index contributed by atoms with van der Waals surface area (Å²) in [4.78, 5) is 12.2. The van der Waals surface area contributed by atoms with Gasteiger partial charge in [0.1, 0.15) is 0 Å². The molecule has 0 radical (unpaired) electrons. The Labute approximate surface area is 114 Å². The van der Waals surface area contributed by atoms with Crippen molar-refractivity contribution in [1.82, 2.24) is 10.6 Å². The second-order valence-corrected chi connectivity index (χ2v) is 5.78. The topological polar surface area (TPSA) is 41.1 Å². The van der Waals surface area contributed by atoms with E-state index in [9.17, 15) is 4.79 Å². The van der Waals surface area contributed by atoms with Gasteiger partial charge in [0, 0.05) is 18.6 Å². The molecule has 2 aliphatic heterocycles. The Balaban J connectivity index is 1.52. The normalized spacial score (nSPS) is 28.6. The molecule has 3 nitrogen and oxygen atoms in total. The maximum atomic E-state index is 12.2. The maximum absolute atomic E-state index is 12.2. The number of amides is 1. The highest BCUT2D eigenvalue weighted by molar-refractivity contribution is 5.80. The van der Waals surface area contributed by atoms with Gasteiger partial charge in [0.05, 0.1) is 5.92 Å². The minimum absolute atomic E-state index is 0.189. The van der Waals surface area contributed by atoms with E-state index in [0.717, 1.165) is 19.3 Å². The van der Waals surface area contributed by atoms with Crippen LogP contribution in [0.2, 0.25) is 0 Å². The van der Waals surface area contributed by atoms with Gasteiger partial charge in [-0.3, -0.25) is 4.79 Å². The quantitative estimate of drug-likeness (QED) is 0.867. The molecule has 2 aliphatic rings.